The molecule has 0 saturated carbocycles. The van der Waals surface area contributed by atoms with Gasteiger partial charge in [-0.05, 0) is 25.1 Å². The number of nitrogens with zero attached hydrogens (tertiary/aromatic N) is 3. The minimum absolute atomic E-state index is 0.0680. The first kappa shape index (κ1) is 14.4. The number of H-pyrrole nitrogens is 1. The number of pyridine rings is 1. The largest absolute Gasteiger partial charge is 0.450 e. The lowest BCUT2D eigenvalue weighted by Crippen LogP contribution is -2.50. The van der Waals surface area contributed by atoms with Crippen LogP contribution in [0.25, 0.3) is 11.0 Å². The van der Waals surface area contributed by atoms with Crippen LogP contribution in [0.1, 0.15) is 17.4 Å². The van der Waals surface area contributed by atoms with Gasteiger partial charge in [0.2, 0.25) is 0 Å². The molecule has 0 aliphatic carbocycles. The van der Waals surface area contributed by atoms with Crippen LogP contribution in [0, 0.1) is 0 Å². The first-order chi connectivity index (χ1) is 10.7. The zero-order valence-corrected chi connectivity index (χ0v) is 12.4. The first-order valence-electron chi connectivity index (χ1n) is 7.33. The highest BCUT2D eigenvalue weighted by Gasteiger charge is 2.26. The van der Waals surface area contributed by atoms with Gasteiger partial charge < -0.3 is 19.5 Å². The van der Waals surface area contributed by atoms with Gasteiger partial charge in [0.25, 0.3) is 5.91 Å². The average molecular weight is 302 g/mol. The predicted octanol–water partition coefficient (Wildman–Crippen LogP) is 1.48. The molecule has 2 aromatic rings. The van der Waals surface area contributed by atoms with Gasteiger partial charge >= 0.3 is 6.09 Å². The predicted molar refractivity (Wildman–Crippen MR) is 80.6 cm³/mol. The van der Waals surface area contributed by atoms with E-state index in [4.69, 9.17) is 4.74 Å². The van der Waals surface area contributed by atoms with Crippen molar-refractivity contribution >= 4 is 23.0 Å². The average Bonchev–Trinajstić information content (AvgIpc) is 2.98. The van der Waals surface area contributed by atoms with Crippen LogP contribution in [0.15, 0.2) is 24.4 Å². The number of carbonyl (C=O) groups excluding carboxylic acids is 2. The van der Waals surface area contributed by atoms with E-state index in [1.165, 1.54) is 0 Å². The second kappa shape index (κ2) is 6.05. The van der Waals surface area contributed by atoms with Gasteiger partial charge in [-0.15, -0.1) is 0 Å². The van der Waals surface area contributed by atoms with Crippen molar-refractivity contribution in [3.05, 3.63) is 30.1 Å². The Morgan fingerprint density at radius 1 is 1.27 bits per heavy atom. The molecule has 0 radical (unpaired) electrons. The number of nitrogens with one attached hydrogen (secondary N) is 1. The Hall–Kier alpha value is -2.57. The van der Waals surface area contributed by atoms with Gasteiger partial charge in [-0.1, -0.05) is 0 Å². The molecule has 0 aromatic carbocycles. The highest BCUT2D eigenvalue weighted by molar-refractivity contribution is 5.97. The molecule has 1 aliphatic rings. The number of piperazine rings is 1. The summed E-state index contributed by atoms with van der Waals surface area (Å²) in [6.07, 6.45) is 1.38. The van der Waals surface area contributed by atoms with Crippen molar-refractivity contribution in [1.82, 2.24) is 19.8 Å². The molecule has 7 nitrogen and oxygen atoms in total. The molecule has 0 spiro atoms. The van der Waals surface area contributed by atoms with Crippen LogP contribution in [0.4, 0.5) is 4.79 Å². The molecule has 0 unspecified atom stereocenters. The lowest BCUT2D eigenvalue weighted by atomic mass is 10.3. The Morgan fingerprint density at radius 2 is 2.00 bits per heavy atom. The molecule has 0 bridgehead atoms. The topological polar surface area (TPSA) is 78.5 Å². The number of aromatic amines is 1. The van der Waals surface area contributed by atoms with E-state index < -0.39 is 0 Å². The van der Waals surface area contributed by atoms with E-state index >= 15 is 0 Å². The molecule has 3 rings (SSSR count). The van der Waals surface area contributed by atoms with Crippen LogP contribution in [-0.2, 0) is 4.74 Å². The second-order valence-electron chi connectivity index (χ2n) is 5.10. The number of amides is 2. The molecular weight excluding hydrogens is 284 g/mol. The summed E-state index contributed by atoms with van der Waals surface area (Å²) >= 11 is 0. The quantitative estimate of drug-likeness (QED) is 0.911. The second-order valence-corrected chi connectivity index (χ2v) is 5.10. The molecule has 7 heteroatoms. The van der Waals surface area contributed by atoms with Crippen molar-refractivity contribution in [2.75, 3.05) is 32.8 Å². The molecule has 1 N–H and O–H groups in total. The molecule has 1 saturated heterocycles. The van der Waals surface area contributed by atoms with Crippen molar-refractivity contribution in [3.63, 3.8) is 0 Å². The number of rotatable bonds is 2. The minimum atomic E-state index is -0.315. The van der Waals surface area contributed by atoms with Crippen LogP contribution >= 0.6 is 0 Å². The van der Waals surface area contributed by atoms with Crippen LogP contribution in [0.5, 0.6) is 0 Å². The molecule has 0 atom stereocenters. The number of hydrogen-bond donors (Lipinski definition) is 1. The van der Waals surface area contributed by atoms with Crippen molar-refractivity contribution in [3.8, 4) is 0 Å². The summed E-state index contributed by atoms with van der Waals surface area (Å²) < 4.78 is 4.97. The van der Waals surface area contributed by atoms with E-state index in [0.29, 0.717) is 38.5 Å². The molecule has 2 amide bonds. The number of carbonyl (C=O) groups is 2. The maximum Gasteiger partial charge on any atom is 0.409 e. The SMILES string of the molecule is CCOC(=O)N1CCN(C(=O)c2cc3ncccc3[nH]2)CC1. The van der Waals surface area contributed by atoms with Crippen molar-refractivity contribution in [2.45, 2.75) is 6.92 Å². The van der Waals surface area contributed by atoms with E-state index in [0.717, 1.165) is 11.0 Å². The summed E-state index contributed by atoms with van der Waals surface area (Å²) in [4.78, 5) is 34.8. The molecule has 2 aromatic heterocycles. The monoisotopic (exact) mass is 302 g/mol. The number of hydrogen-bond acceptors (Lipinski definition) is 4. The van der Waals surface area contributed by atoms with Crippen LogP contribution in [0.3, 0.4) is 0 Å². The third-order valence-corrected chi connectivity index (χ3v) is 3.71. The van der Waals surface area contributed by atoms with Crippen molar-refractivity contribution in [2.24, 2.45) is 0 Å². The molecule has 1 aliphatic heterocycles. The van der Waals surface area contributed by atoms with E-state index in [2.05, 4.69) is 9.97 Å². The normalized spacial score (nSPS) is 15.1. The Bertz CT molecular complexity index is 656. The van der Waals surface area contributed by atoms with Gasteiger partial charge in [-0.25, -0.2) is 4.79 Å². The fourth-order valence-electron chi connectivity index (χ4n) is 2.55. The minimum Gasteiger partial charge on any atom is -0.450 e. The highest BCUT2D eigenvalue weighted by atomic mass is 16.6. The Labute approximate surface area is 127 Å². The Kier molecular flexibility index (Phi) is 3.95. The molecule has 3 heterocycles. The molecule has 1 fully saturated rings. The van der Waals surface area contributed by atoms with Crippen LogP contribution < -0.4 is 0 Å². The van der Waals surface area contributed by atoms with Gasteiger partial charge in [0.15, 0.2) is 0 Å². The fraction of sp³-hybridized carbons (Fsp3) is 0.400. The summed E-state index contributed by atoms with van der Waals surface area (Å²) in [5, 5.41) is 0. The van der Waals surface area contributed by atoms with E-state index in [1.54, 1.807) is 29.0 Å². The van der Waals surface area contributed by atoms with E-state index in [1.807, 2.05) is 12.1 Å². The Morgan fingerprint density at radius 3 is 2.68 bits per heavy atom. The number of aromatic nitrogens is 2. The van der Waals surface area contributed by atoms with Crippen molar-refractivity contribution < 1.29 is 14.3 Å². The molecule has 22 heavy (non-hydrogen) atoms. The van der Waals surface area contributed by atoms with Gasteiger partial charge in [0, 0.05) is 32.4 Å². The van der Waals surface area contributed by atoms with E-state index in [-0.39, 0.29) is 12.0 Å². The zero-order chi connectivity index (χ0) is 15.5. The van der Waals surface area contributed by atoms with Crippen LogP contribution in [-0.4, -0.2) is 64.6 Å². The van der Waals surface area contributed by atoms with Gasteiger partial charge in [-0.2, -0.15) is 0 Å². The molecular formula is C15H18N4O3. The van der Waals surface area contributed by atoms with Gasteiger partial charge in [0.05, 0.1) is 17.6 Å². The van der Waals surface area contributed by atoms with E-state index in [9.17, 15) is 9.59 Å². The fourth-order valence-corrected chi connectivity index (χ4v) is 2.55. The third-order valence-electron chi connectivity index (χ3n) is 3.71. The number of fused-ring (bicyclic) bond motifs is 1. The van der Waals surface area contributed by atoms with Gasteiger partial charge in [0.1, 0.15) is 5.69 Å². The van der Waals surface area contributed by atoms with Crippen LogP contribution in [0.2, 0.25) is 0 Å². The smallest absolute Gasteiger partial charge is 0.409 e. The summed E-state index contributed by atoms with van der Waals surface area (Å²) in [7, 11) is 0. The Balaban J connectivity index is 1.65. The lowest BCUT2D eigenvalue weighted by molar-refractivity contribution is 0.0566. The standard InChI is InChI=1S/C15H18N4O3/c1-2-22-15(21)19-8-6-18(7-9-19)14(20)13-10-12-11(17-13)4-3-5-16-12/h3-5,10,17H,2,6-9H2,1H3. The maximum atomic E-state index is 12.5. The summed E-state index contributed by atoms with van der Waals surface area (Å²) in [6, 6.07) is 5.47. The van der Waals surface area contributed by atoms with Crippen molar-refractivity contribution in [1.29, 1.82) is 0 Å². The molecule has 116 valence electrons. The summed E-state index contributed by atoms with van der Waals surface area (Å²) in [6.45, 7) is 4.12. The highest BCUT2D eigenvalue weighted by Crippen LogP contribution is 2.15. The summed E-state index contributed by atoms with van der Waals surface area (Å²) in [5.41, 5.74) is 2.14. The lowest BCUT2D eigenvalue weighted by Gasteiger charge is -2.33. The number of ether oxygens (including phenoxy) is 1. The van der Waals surface area contributed by atoms with Gasteiger partial charge in [-0.3, -0.25) is 9.78 Å². The maximum absolute atomic E-state index is 12.5. The zero-order valence-electron chi connectivity index (χ0n) is 12.4. The third kappa shape index (κ3) is 2.74. The summed E-state index contributed by atoms with van der Waals surface area (Å²) in [5.74, 6) is -0.0680. The first-order valence-corrected chi connectivity index (χ1v) is 7.33.